The third-order valence-corrected chi connectivity index (χ3v) is 15.4. The van der Waals surface area contributed by atoms with Crippen LogP contribution in [0, 0.1) is 5.92 Å². The molecule has 0 radical (unpaired) electrons. The third-order valence-electron chi connectivity index (χ3n) is 15.4. The molecule has 3 amide bonds. The number of fused-ring (bicyclic) bond motifs is 2. The number of hydrogen-bond acceptors (Lipinski definition) is 10. The van der Waals surface area contributed by atoms with Crippen molar-refractivity contribution in [1.29, 1.82) is 0 Å². The highest BCUT2D eigenvalue weighted by molar-refractivity contribution is 6.00. The maximum atomic E-state index is 13.7. The second-order valence-electron chi connectivity index (χ2n) is 19.8. The molecule has 4 saturated heterocycles. The largest absolute Gasteiger partial charge is 0.384 e. The number of likely N-dealkylation sites (tertiary alicyclic amines) is 2. The van der Waals surface area contributed by atoms with Crippen LogP contribution in [0.1, 0.15) is 96.5 Å². The lowest BCUT2D eigenvalue weighted by atomic mass is 9.88. The monoisotopic (exact) mass is 903 g/mol. The van der Waals surface area contributed by atoms with Gasteiger partial charge >= 0.3 is 5.69 Å². The minimum Gasteiger partial charge on any atom is -0.384 e. The number of rotatable bonds is 11. The van der Waals surface area contributed by atoms with Crippen molar-refractivity contribution in [3.8, 4) is 11.1 Å². The van der Waals surface area contributed by atoms with Crippen molar-refractivity contribution < 1.29 is 14.4 Å². The Balaban J connectivity index is 0.629. The van der Waals surface area contributed by atoms with Gasteiger partial charge in [0, 0.05) is 113 Å². The minimum atomic E-state index is -0.665. The van der Waals surface area contributed by atoms with E-state index < -0.39 is 11.9 Å². The van der Waals surface area contributed by atoms with Gasteiger partial charge in [-0.15, -0.1) is 0 Å². The highest BCUT2D eigenvalue weighted by Gasteiger charge is 2.35. The second-order valence-corrected chi connectivity index (χ2v) is 19.8. The van der Waals surface area contributed by atoms with Crippen LogP contribution in [-0.2, 0) is 29.7 Å². The summed E-state index contributed by atoms with van der Waals surface area (Å²) in [6, 6.07) is 22.4. The number of anilines is 1. The lowest BCUT2D eigenvalue weighted by Crippen LogP contribution is -2.48. The van der Waals surface area contributed by atoms with Crippen LogP contribution in [0.15, 0.2) is 83.9 Å². The molecule has 6 aromatic rings. The van der Waals surface area contributed by atoms with E-state index in [2.05, 4.69) is 71.8 Å². The molecule has 0 spiro atoms. The molecule has 348 valence electrons. The summed E-state index contributed by atoms with van der Waals surface area (Å²) in [6.07, 6.45) is 10.4. The van der Waals surface area contributed by atoms with E-state index in [1.807, 2.05) is 53.4 Å². The van der Waals surface area contributed by atoms with Crippen LogP contribution in [0.3, 0.4) is 0 Å². The molecule has 1 unspecified atom stereocenters. The number of carbonyl (C=O) groups is 3. The van der Waals surface area contributed by atoms with Gasteiger partial charge in [0.15, 0.2) is 0 Å². The molecule has 5 fully saturated rings. The quantitative estimate of drug-likeness (QED) is 0.155. The zero-order valence-corrected chi connectivity index (χ0v) is 38.5. The molecular formula is C52H61N11O4. The first-order chi connectivity index (χ1) is 32.6. The molecular weight excluding hydrogens is 843 g/mol. The average Bonchev–Trinajstić information content (AvgIpc) is 4.08. The molecule has 1 aliphatic carbocycles. The van der Waals surface area contributed by atoms with E-state index in [-0.39, 0.29) is 30.0 Å². The number of piperidine rings is 3. The van der Waals surface area contributed by atoms with Gasteiger partial charge in [-0.25, -0.2) is 14.8 Å². The Kier molecular flexibility index (Phi) is 11.8. The number of imidazole rings is 1. The van der Waals surface area contributed by atoms with Gasteiger partial charge in [-0.2, -0.15) is 0 Å². The van der Waals surface area contributed by atoms with Gasteiger partial charge in [0.05, 0.1) is 11.0 Å². The first kappa shape index (κ1) is 43.4. The fourth-order valence-electron chi connectivity index (χ4n) is 11.3. The normalized spacial score (nSPS) is 20.9. The fraction of sp³-hybridized carbons (Fsp3) is 0.462. The Morgan fingerprint density at radius 2 is 1.48 bits per heavy atom. The number of aryl methyl sites for hydroxylation is 1. The van der Waals surface area contributed by atoms with Crippen LogP contribution >= 0.6 is 0 Å². The van der Waals surface area contributed by atoms with Crippen molar-refractivity contribution in [2.24, 2.45) is 13.0 Å². The Labute approximate surface area is 390 Å². The van der Waals surface area contributed by atoms with Gasteiger partial charge in [-0.1, -0.05) is 18.2 Å². The number of imide groups is 1. The van der Waals surface area contributed by atoms with Crippen molar-refractivity contribution in [2.75, 3.05) is 64.6 Å². The number of nitrogen functional groups attached to an aromatic ring is 1. The predicted molar refractivity (Wildman–Crippen MR) is 258 cm³/mol. The number of pyridine rings is 2. The van der Waals surface area contributed by atoms with Crippen LogP contribution in [0.4, 0.5) is 5.82 Å². The number of hydrogen-bond donors (Lipinski definition) is 2. The maximum absolute atomic E-state index is 13.7. The summed E-state index contributed by atoms with van der Waals surface area (Å²) in [7, 11) is 2.10. The van der Waals surface area contributed by atoms with Crippen LogP contribution in [-0.4, -0.2) is 120 Å². The van der Waals surface area contributed by atoms with Gasteiger partial charge < -0.3 is 20.1 Å². The molecule has 15 nitrogen and oxygen atoms in total. The second kappa shape index (κ2) is 18.1. The number of nitrogens with one attached hydrogen (secondary N) is 1. The summed E-state index contributed by atoms with van der Waals surface area (Å²) in [4.78, 5) is 70.7. The topological polar surface area (TPSA) is 160 Å². The first-order valence-electron chi connectivity index (χ1n) is 24.4. The Morgan fingerprint density at radius 3 is 2.19 bits per heavy atom. The number of aromatic nitrogens is 5. The van der Waals surface area contributed by atoms with E-state index in [9.17, 15) is 19.2 Å². The van der Waals surface area contributed by atoms with Crippen molar-refractivity contribution >= 4 is 45.6 Å². The molecule has 2 aromatic carbocycles. The van der Waals surface area contributed by atoms with Gasteiger partial charge in [-0.3, -0.25) is 38.6 Å². The Hall–Kier alpha value is -6.16. The fourth-order valence-corrected chi connectivity index (χ4v) is 11.3. The van der Waals surface area contributed by atoms with Crippen LogP contribution in [0.25, 0.3) is 33.2 Å². The SMILES string of the molecule is Cn1c(CN2CCC(c3ccc(C(=O)N4CCC(CN5CCN(Cc6ccc7c(c6)n(C6CC6)c(=O)n7C6CCC(=O)NC6=O)CC5)CC4)cc3)CC2)cc2c(-c3ccc(N)nc3)ccnc21. The first-order valence-corrected chi connectivity index (χ1v) is 24.4. The summed E-state index contributed by atoms with van der Waals surface area (Å²) in [5.74, 6) is 1.06. The lowest BCUT2D eigenvalue weighted by Gasteiger charge is -2.39. The predicted octanol–water partition coefficient (Wildman–Crippen LogP) is 5.70. The van der Waals surface area contributed by atoms with E-state index in [1.165, 1.54) is 16.8 Å². The van der Waals surface area contributed by atoms with E-state index in [4.69, 9.17) is 10.7 Å². The molecule has 5 aliphatic rings. The zero-order chi connectivity index (χ0) is 45.8. The Bertz CT molecular complexity index is 2870. The van der Waals surface area contributed by atoms with Crippen molar-refractivity contribution in [1.82, 2.24) is 48.6 Å². The van der Waals surface area contributed by atoms with Crippen molar-refractivity contribution in [3.05, 3.63) is 112 Å². The van der Waals surface area contributed by atoms with E-state index in [0.717, 1.165) is 149 Å². The number of nitrogens with two attached hydrogens (primary N) is 1. The highest BCUT2D eigenvalue weighted by Crippen LogP contribution is 2.38. The summed E-state index contributed by atoms with van der Waals surface area (Å²) in [6.45, 7) is 10.4. The number of benzene rings is 2. The van der Waals surface area contributed by atoms with Gasteiger partial charge in [-0.05, 0) is 135 Å². The van der Waals surface area contributed by atoms with Crippen molar-refractivity contribution in [2.45, 2.75) is 82.5 Å². The van der Waals surface area contributed by atoms with Gasteiger partial charge in [0.25, 0.3) is 5.91 Å². The van der Waals surface area contributed by atoms with Gasteiger partial charge in [0.2, 0.25) is 11.8 Å². The van der Waals surface area contributed by atoms with Crippen molar-refractivity contribution in [3.63, 3.8) is 0 Å². The maximum Gasteiger partial charge on any atom is 0.330 e. The highest BCUT2D eigenvalue weighted by atomic mass is 16.2. The summed E-state index contributed by atoms with van der Waals surface area (Å²) in [5.41, 5.74) is 15.0. The number of piperazine rings is 1. The van der Waals surface area contributed by atoms with E-state index >= 15 is 0 Å². The molecule has 15 heteroatoms. The zero-order valence-electron chi connectivity index (χ0n) is 38.5. The summed E-state index contributed by atoms with van der Waals surface area (Å²) in [5, 5.41) is 3.55. The van der Waals surface area contributed by atoms with Crippen LogP contribution in [0.2, 0.25) is 0 Å². The van der Waals surface area contributed by atoms with Crippen LogP contribution < -0.4 is 16.7 Å². The number of amides is 3. The number of nitrogens with zero attached hydrogens (tertiary/aromatic N) is 9. The smallest absolute Gasteiger partial charge is 0.330 e. The van der Waals surface area contributed by atoms with E-state index in [1.54, 1.807) is 4.57 Å². The lowest BCUT2D eigenvalue weighted by molar-refractivity contribution is -0.135. The van der Waals surface area contributed by atoms with E-state index in [0.29, 0.717) is 24.1 Å². The summed E-state index contributed by atoms with van der Waals surface area (Å²) >= 11 is 0. The van der Waals surface area contributed by atoms with Gasteiger partial charge in [0.1, 0.15) is 17.5 Å². The molecule has 67 heavy (non-hydrogen) atoms. The molecule has 0 bridgehead atoms. The molecule has 1 saturated carbocycles. The average molecular weight is 904 g/mol. The summed E-state index contributed by atoms with van der Waals surface area (Å²) < 4.78 is 5.71. The molecule has 3 N–H and O–H groups in total. The molecule has 1 atom stereocenters. The minimum absolute atomic E-state index is 0.147. The molecule has 4 aliphatic heterocycles. The molecule has 8 heterocycles. The molecule has 4 aromatic heterocycles. The molecule has 11 rings (SSSR count). The third kappa shape index (κ3) is 8.80. The Morgan fingerprint density at radius 1 is 0.731 bits per heavy atom. The standard InChI is InChI=1S/C52H61N11O4/c1-57-41(29-43-42(14-19-54-49(43)57)39-7-12-47(53)55-30-39)33-58-20-17-37(18-21-58)36-3-5-38(6-4-36)51(66)61-22-15-34(16-23-61)31-59-24-26-60(27-25-59)32-35-2-10-44-46(28-35)62(40-8-9-40)52(67)63(44)45-11-13-48(64)56-50(45)65/h2-7,10,12,14,19,28-30,34,37,40,45H,8-9,11,13,15-18,20-27,31-33H2,1H3,(H2,53,55)(H,56,64,65). The van der Waals surface area contributed by atoms with Crippen LogP contribution in [0.5, 0.6) is 0 Å². The number of carbonyl (C=O) groups excluding carboxylic acids is 3.